The van der Waals surface area contributed by atoms with E-state index >= 15 is 0 Å². The molecule has 124 valence electrons. The van der Waals surface area contributed by atoms with Crippen molar-refractivity contribution >= 4 is 29.9 Å². The van der Waals surface area contributed by atoms with Crippen molar-refractivity contribution in [2.24, 2.45) is 4.99 Å². The van der Waals surface area contributed by atoms with E-state index in [1.54, 1.807) is 0 Å². The summed E-state index contributed by atoms with van der Waals surface area (Å²) in [6.07, 6.45) is 2.54. The molecule has 4 nitrogen and oxygen atoms in total. The molecule has 1 heterocycles. The second kappa shape index (κ2) is 9.35. The third kappa shape index (κ3) is 5.43. The first-order valence-electron chi connectivity index (χ1n) is 7.75. The zero-order valence-electron chi connectivity index (χ0n) is 14.2. The SMILES string of the molecule is CN(C)C(=NCC1CCCN1Cc1ccccc1)N(C)C.I. The van der Waals surface area contributed by atoms with Crippen LogP contribution in [0.3, 0.4) is 0 Å². The molecule has 1 atom stereocenters. The van der Waals surface area contributed by atoms with Crippen molar-refractivity contribution in [3.8, 4) is 0 Å². The third-order valence-electron chi connectivity index (χ3n) is 3.97. The number of nitrogens with zero attached hydrogens (tertiary/aromatic N) is 4. The Balaban J connectivity index is 0.00000242. The Hall–Kier alpha value is -0.820. The molecule has 0 amide bonds. The van der Waals surface area contributed by atoms with E-state index in [1.165, 1.54) is 24.9 Å². The maximum atomic E-state index is 4.82. The van der Waals surface area contributed by atoms with Gasteiger partial charge in [-0.3, -0.25) is 9.89 Å². The largest absolute Gasteiger partial charge is 0.349 e. The van der Waals surface area contributed by atoms with Crippen LogP contribution in [-0.4, -0.2) is 68.0 Å². The van der Waals surface area contributed by atoms with E-state index < -0.39 is 0 Å². The van der Waals surface area contributed by atoms with Crippen LogP contribution in [0.4, 0.5) is 0 Å². The smallest absolute Gasteiger partial charge is 0.195 e. The highest BCUT2D eigenvalue weighted by molar-refractivity contribution is 14.0. The monoisotopic (exact) mass is 416 g/mol. The Bertz CT molecular complexity index is 449. The summed E-state index contributed by atoms with van der Waals surface area (Å²) in [5.74, 6) is 1.04. The molecule has 5 heteroatoms. The number of halogens is 1. The van der Waals surface area contributed by atoms with Gasteiger partial charge in [0.1, 0.15) is 0 Å². The number of aliphatic imine (C=N–C) groups is 1. The quantitative estimate of drug-likeness (QED) is 0.428. The molecule has 0 aliphatic carbocycles. The molecule has 1 aliphatic heterocycles. The van der Waals surface area contributed by atoms with Gasteiger partial charge in [0.2, 0.25) is 0 Å². The molecule has 1 unspecified atom stereocenters. The predicted octanol–water partition coefficient (Wildman–Crippen LogP) is 2.75. The zero-order valence-corrected chi connectivity index (χ0v) is 16.5. The number of hydrogen-bond donors (Lipinski definition) is 0. The van der Waals surface area contributed by atoms with Crippen LogP contribution in [0.25, 0.3) is 0 Å². The number of likely N-dealkylation sites (tertiary alicyclic amines) is 1. The molecule has 1 aliphatic rings. The lowest BCUT2D eigenvalue weighted by Crippen LogP contribution is -2.37. The first kappa shape index (κ1) is 19.2. The minimum atomic E-state index is 0. The van der Waals surface area contributed by atoms with Gasteiger partial charge in [0.15, 0.2) is 5.96 Å². The fourth-order valence-corrected chi connectivity index (χ4v) is 3.00. The van der Waals surface area contributed by atoms with Crippen molar-refractivity contribution in [2.45, 2.75) is 25.4 Å². The first-order chi connectivity index (χ1) is 10.1. The van der Waals surface area contributed by atoms with Crippen LogP contribution in [0.1, 0.15) is 18.4 Å². The molecule has 1 saturated heterocycles. The molecular weight excluding hydrogens is 387 g/mol. The fourth-order valence-electron chi connectivity index (χ4n) is 3.00. The van der Waals surface area contributed by atoms with Gasteiger partial charge in [0.25, 0.3) is 0 Å². The maximum absolute atomic E-state index is 4.82. The Labute approximate surface area is 152 Å². The van der Waals surface area contributed by atoms with Crippen molar-refractivity contribution in [3.63, 3.8) is 0 Å². The van der Waals surface area contributed by atoms with Crippen molar-refractivity contribution in [1.29, 1.82) is 0 Å². The van der Waals surface area contributed by atoms with Crippen LogP contribution in [0, 0.1) is 0 Å². The molecule has 2 rings (SSSR count). The van der Waals surface area contributed by atoms with E-state index in [1.807, 2.05) is 0 Å². The lowest BCUT2D eigenvalue weighted by Gasteiger charge is -2.26. The molecule has 0 aromatic heterocycles. The van der Waals surface area contributed by atoms with Crippen LogP contribution in [0.5, 0.6) is 0 Å². The van der Waals surface area contributed by atoms with Gasteiger partial charge in [-0.2, -0.15) is 0 Å². The molecule has 1 aromatic carbocycles. The van der Waals surface area contributed by atoms with Gasteiger partial charge in [-0.05, 0) is 24.9 Å². The molecule has 0 N–H and O–H groups in total. The molecule has 0 radical (unpaired) electrons. The zero-order chi connectivity index (χ0) is 15.2. The summed E-state index contributed by atoms with van der Waals surface area (Å²) >= 11 is 0. The van der Waals surface area contributed by atoms with Crippen molar-refractivity contribution in [1.82, 2.24) is 14.7 Å². The molecule has 22 heavy (non-hydrogen) atoms. The Kier molecular flexibility index (Phi) is 8.17. The summed E-state index contributed by atoms with van der Waals surface area (Å²) in [7, 11) is 8.20. The summed E-state index contributed by atoms with van der Waals surface area (Å²) < 4.78 is 0. The van der Waals surface area contributed by atoms with Gasteiger partial charge in [0.05, 0.1) is 6.54 Å². The molecular formula is C17H29IN4. The molecule has 0 saturated carbocycles. The number of hydrogen-bond acceptors (Lipinski definition) is 2. The lowest BCUT2D eigenvalue weighted by molar-refractivity contribution is 0.249. The van der Waals surface area contributed by atoms with Gasteiger partial charge in [-0.1, -0.05) is 30.3 Å². The van der Waals surface area contributed by atoms with Crippen LogP contribution >= 0.6 is 24.0 Å². The van der Waals surface area contributed by atoms with Crippen molar-refractivity contribution in [3.05, 3.63) is 35.9 Å². The van der Waals surface area contributed by atoms with Crippen LogP contribution in [0.2, 0.25) is 0 Å². The van der Waals surface area contributed by atoms with Crippen molar-refractivity contribution in [2.75, 3.05) is 41.3 Å². The van der Waals surface area contributed by atoms with E-state index in [-0.39, 0.29) is 24.0 Å². The molecule has 0 spiro atoms. The van der Waals surface area contributed by atoms with Crippen LogP contribution in [-0.2, 0) is 6.54 Å². The third-order valence-corrected chi connectivity index (χ3v) is 3.97. The summed E-state index contributed by atoms with van der Waals surface area (Å²) in [4.78, 5) is 11.6. The number of guanidine groups is 1. The second-order valence-electron chi connectivity index (χ2n) is 6.18. The fraction of sp³-hybridized carbons (Fsp3) is 0.588. The van der Waals surface area contributed by atoms with Gasteiger partial charge >= 0.3 is 0 Å². The minimum absolute atomic E-state index is 0. The van der Waals surface area contributed by atoms with E-state index in [9.17, 15) is 0 Å². The summed E-state index contributed by atoms with van der Waals surface area (Å²) in [6.45, 7) is 3.12. The molecule has 1 aromatic rings. The highest BCUT2D eigenvalue weighted by atomic mass is 127. The highest BCUT2D eigenvalue weighted by Gasteiger charge is 2.24. The Morgan fingerprint density at radius 3 is 2.36 bits per heavy atom. The van der Waals surface area contributed by atoms with E-state index in [0.29, 0.717) is 6.04 Å². The van der Waals surface area contributed by atoms with Crippen LogP contribution in [0.15, 0.2) is 35.3 Å². The van der Waals surface area contributed by atoms with E-state index in [4.69, 9.17) is 4.99 Å². The summed E-state index contributed by atoms with van der Waals surface area (Å²) in [5.41, 5.74) is 1.40. The predicted molar refractivity (Wildman–Crippen MR) is 105 cm³/mol. The average Bonchev–Trinajstić information content (AvgIpc) is 2.87. The summed E-state index contributed by atoms with van der Waals surface area (Å²) in [6, 6.07) is 11.3. The standard InChI is InChI=1S/C17H28N4.HI/c1-19(2)17(20(3)4)18-13-16-11-8-12-21(16)14-15-9-6-5-7-10-15;/h5-7,9-10,16H,8,11-14H2,1-4H3;1H. The average molecular weight is 416 g/mol. The van der Waals surface area contributed by atoms with Crippen molar-refractivity contribution < 1.29 is 0 Å². The minimum Gasteiger partial charge on any atom is -0.349 e. The number of benzene rings is 1. The molecule has 1 fully saturated rings. The normalized spacial score (nSPS) is 17.7. The second-order valence-corrected chi connectivity index (χ2v) is 6.18. The highest BCUT2D eigenvalue weighted by Crippen LogP contribution is 2.20. The van der Waals surface area contributed by atoms with Gasteiger partial charge in [-0.15, -0.1) is 24.0 Å². The number of rotatable bonds is 4. The van der Waals surface area contributed by atoms with E-state index in [0.717, 1.165) is 19.0 Å². The maximum Gasteiger partial charge on any atom is 0.195 e. The first-order valence-corrected chi connectivity index (χ1v) is 7.75. The van der Waals surface area contributed by atoms with Gasteiger partial charge < -0.3 is 9.80 Å². The Morgan fingerprint density at radius 2 is 1.77 bits per heavy atom. The topological polar surface area (TPSA) is 22.1 Å². The lowest BCUT2D eigenvalue weighted by atomic mass is 10.2. The van der Waals surface area contributed by atoms with Crippen LogP contribution < -0.4 is 0 Å². The molecule has 0 bridgehead atoms. The Morgan fingerprint density at radius 1 is 1.14 bits per heavy atom. The van der Waals surface area contributed by atoms with Gasteiger partial charge in [-0.25, -0.2) is 0 Å². The van der Waals surface area contributed by atoms with Gasteiger partial charge in [0, 0.05) is 40.8 Å². The summed E-state index contributed by atoms with van der Waals surface area (Å²) in [5, 5.41) is 0. The van der Waals surface area contributed by atoms with E-state index in [2.05, 4.69) is 73.2 Å².